The summed E-state index contributed by atoms with van der Waals surface area (Å²) in [7, 11) is 0. The summed E-state index contributed by atoms with van der Waals surface area (Å²) < 4.78 is 5.82. The number of hydrogen-bond acceptors (Lipinski definition) is 5. The summed E-state index contributed by atoms with van der Waals surface area (Å²) in [5.41, 5.74) is -0.0414. The Balaban J connectivity index is 2.39. The maximum Gasteiger partial charge on any atom is 0.412 e. The Morgan fingerprint density at radius 1 is 1.40 bits per heavy atom. The third kappa shape index (κ3) is 3.05. The third-order valence-corrected chi connectivity index (χ3v) is 3.40. The number of anilines is 1. The fourth-order valence-electron chi connectivity index (χ4n) is 1.60. The number of aromatic nitrogens is 1. The standard InChI is InChI=1S/C13H14N2O4S/c1-13(2,3)19-12(18)15-9-8-7(5-4-6-14-8)20-10(9)11(16)17/h4-6H,1-3H3,(H,15,18)(H,16,17). The summed E-state index contributed by atoms with van der Waals surface area (Å²) in [5, 5.41) is 11.7. The number of pyridine rings is 1. The molecule has 6 nitrogen and oxygen atoms in total. The van der Waals surface area contributed by atoms with Crippen molar-refractivity contribution in [2.75, 3.05) is 5.32 Å². The van der Waals surface area contributed by atoms with E-state index in [9.17, 15) is 14.7 Å². The maximum atomic E-state index is 11.8. The number of carbonyl (C=O) groups excluding carboxylic acids is 1. The van der Waals surface area contributed by atoms with Crippen LogP contribution < -0.4 is 5.32 Å². The highest BCUT2D eigenvalue weighted by molar-refractivity contribution is 7.21. The topological polar surface area (TPSA) is 88.5 Å². The second-order valence-electron chi connectivity index (χ2n) is 5.09. The lowest BCUT2D eigenvalue weighted by molar-refractivity contribution is 0.0636. The Kier molecular flexibility index (Phi) is 3.63. The lowest BCUT2D eigenvalue weighted by Crippen LogP contribution is -2.27. The molecule has 106 valence electrons. The molecule has 2 rings (SSSR count). The number of hydrogen-bond donors (Lipinski definition) is 2. The Hall–Kier alpha value is -2.15. The molecule has 0 fully saturated rings. The molecule has 0 bridgehead atoms. The SMILES string of the molecule is CC(C)(C)OC(=O)Nc1c(C(=O)O)sc2cccnc12. The fourth-order valence-corrected chi connectivity index (χ4v) is 2.56. The summed E-state index contributed by atoms with van der Waals surface area (Å²) in [6.45, 7) is 5.19. The summed E-state index contributed by atoms with van der Waals surface area (Å²) in [5.74, 6) is -1.11. The number of fused-ring (bicyclic) bond motifs is 1. The van der Waals surface area contributed by atoms with Crippen LogP contribution in [-0.4, -0.2) is 27.8 Å². The van der Waals surface area contributed by atoms with E-state index >= 15 is 0 Å². The van der Waals surface area contributed by atoms with E-state index in [0.29, 0.717) is 10.2 Å². The Morgan fingerprint density at radius 2 is 2.10 bits per heavy atom. The van der Waals surface area contributed by atoms with E-state index in [1.807, 2.05) is 0 Å². The largest absolute Gasteiger partial charge is 0.477 e. The molecule has 0 aliphatic heterocycles. The van der Waals surface area contributed by atoms with Crippen LogP contribution in [0.2, 0.25) is 0 Å². The van der Waals surface area contributed by atoms with Gasteiger partial charge in [-0.3, -0.25) is 10.3 Å². The van der Waals surface area contributed by atoms with Crippen molar-refractivity contribution < 1.29 is 19.4 Å². The zero-order valence-electron chi connectivity index (χ0n) is 11.3. The van der Waals surface area contributed by atoms with Crippen LogP contribution in [0.25, 0.3) is 10.2 Å². The minimum atomic E-state index is -1.11. The van der Waals surface area contributed by atoms with E-state index in [-0.39, 0.29) is 10.6 Å². The predicted molar refractivity (Wildman–Crippen MR) is 76.4 cm³/mol. The molecule has 20 heavy (non-hydrogen) atoms. The van der Waals surface area contributed by atoms with Crippen LogP contribution in [0, 0.1) is 0 Å². The molecule has 0 aliphatic rings. The summed E-state index contributed by atoms with van der Waals surface area (Å²) in [4.78, 5) is 27.2. The molecule has 0 radical (unpaired) electrons. The van der Waals surface area contributed by atoms with E-state index in [4.69, 9.17) is 4.74 Å². The van der Waals surface area contributed by atoms with Gasteiger partial charge in [-0.05, 0) is 32.9 Å². The van der Waals surface area contributed by atoms with Gasteiger partial charge in [-0.25, -0.2) is 9.59 Å². The average Bonchev–Trinajstić information content (AvgIpc) is 2.66. The quantitative estimate of drug-likeness (QED) is 0.886. The summed E-state index contributed by atoms with van der Waals surface area (Å²) in [6.07, 6.45) is 0.839. The predicted octanol–water partition coefficient (Wildman–Crippen LogP) is 3.34. The average molecular weight is 294 g/mol. The van der Waals surface area contributed by atoms with Gasteiger partial charge in [0.1, 0.15) is 16.0 Å². The first-order chi connectivity index (χ1) is 9.28. The van der Waals surface area contributed by atoms with Crippen LogP contribution in [0.3, 0.4) is 0 Å². The maximum absolute atomic E-state index is 11.8. The molecular weight excluding hydrogens is 280 g/mol. The van der Waals surface area contributed by atoms with Crippen LogP contribution in [-0.2, 0) is 4.74 Å². The summed E-state index contributed by atoms with van der Waals surface area (Å²) >= 11 is 1.06. The summed E-state index contributed by atoms with van der Waals surface area (Å²) in [6, 6.07) is 3.46. The van der Waals surface area contributed by atoms with E-state index in [0.717, 1.165) is 11.3 Å². The second-order valence-corrected chi connectivity index (χ2v) is 6.14. The first-order valence-corrected chi connectivity index (χ1v) is 6.70. The van der Waals surface area contributed by atoms with Gasteiger partial charge in [0.15, 0.2) is 0 Å². The van der Waals surface area contributed by atoms with Gasteiger partial charge in [0.2, 0.25) is 0 Å². The molecule has 0 atom stereocenters. The van der Waals surface area contributed by atoms with Crippen molar-refractivity contribution in [3.8, 4) is 0 Å². The molecule has 0 saturated heterocycles. The number of amides is 1. The fraction of sp³-hybridized carbons (Fsp3) is 0.308. The van der Waals surface area contributed by atoms with Gasteiger partial charge in [-0.2, -0.15) is 0 Å². The molecular formula is C13H14N2O4S. The number of aromatic carboxylic acids is 1. The first-order valence-electron chi connectivity index (χ1n) is 5.89. The molecule has 0 unspecified atom stereocenters. The van der Waals surface area contributed by atoms with Crippen molar-refractivity contribution in [1.82, 2.24) is 4.98 Å². The Bertz CT molecular complexity index is 673. The molecule has 0 spiro atoms. The van der Waals surface area contributed by atoms with Crippen molar-refractivity contribution in [3.63, 3.8) is 0 Å². The van der Waals surface area contributed by atoms with Crippen LogP contribution >= 0.6 is 11.3 Å². The molecule has 0 aliphatic carbocycles. The zero-order valence-corrected chi connectivity index (χ0v) is 12.1. The molecule has 2 N–H and O–H groups in total. The van der Waals surface area contributed by atoms with Gasteiger partial charge in [-0.15, -0.1) is 11.3 Å². The molecule has 1 amide bonds. The van der Waals surface area contributed by atoms with Crippen molar-refractivity contribution >= 4 is 39.3 Å². The number of carbonyl (C=O) groups is 2. The number of nitrogens with zero attached hydrogens (tertiary/aromatic N) is 1. The normalized spacial score (nSPS) is 11.3. The second kappa shape index (κ2) is 5.09. The highest BCUT2D eigenvalue weighted by Gasteiger charge is 2.23. The highest BCUT2D eigenvalue weighted by atomic mass is 32.1. The number of nitrogens with one attached hydrogen (secondary N) is 1. The molecule has 2 aromatic heterocycles. The number of carboxylic acids is 1. The van der Waals surface area contributed by atoms with E-state index in [1.54, 1.807) is 39.1 Å². The van der Waals surface area contributed by atoms with Gasteiger partial charge < -0.3 is 9.84 Å². The van der Waals surface area contributed by atoms with Gasteiger partial charge in [0.25, 0.3) is 0 Å². The van der Waals surface area contributed by atoms with Gasteiger partial charge in [-0.1, -0.05) is 0 Å². The van der Waals surface area contributed by atoms with Crippen LogP contribution in [0.5, 0.6) is 0 Å². The van der Waals surface area contributed by atoms with Gasteiger partial charge in [0.05, 0.1) is 10.4 Å². The number of ether oxygens (including phenoxy) is 1. The van der Waals surface area contributed by atoms with E-state index < -0.39 is 17.7 Å². The minimum Gasteiger partial charge on any atom is -0.477 e. The molecule has 0 aromatic carbocycles. The molecule has 0 saturated carbocycles. The molecule has 7 heteroatoms. The van der Waals surface area contributed by atoms with Crippen molar-refractivity contribution in [2.24, 2.45) is 0 Å². The van der Waals surface area contributed by atoms with Crippen molar-refractivity contribution in [3.05, 3.63) is 23.2 Å². The Labute approximate surface area is 119 Å². The van der Waals surface area contributed by atoms with Gasteiger partial charge in [0, 0.05) is 6.20 Å². The molecule has 2 heterocycles. The van der Waals surface area contributed by atoms with E-state index in [1.165, 1.54) is 0 Å². The molecule has 2 aromatic rings. The Morgan fingerprint density at radius 3 is 2.70 bits per heavy atom. The number of rotatable bonds is 2. The highest BCUT2D eigenvalue weighted by Crippen LogP contribution is 2.34. The first kappa shape index (κ1) is 14.3. The lowest BCUT2D eigenvalue weighted by Gasteiger charge is -2.19. The number of carboxylic acid groups (broad SMARTS) is 1. The monoisotopic (exact) mass is 294 g/mol. The van der Waals surface area contributed by atoms with Gasteiger partial charge >= 0.3 is 12.1 Å². The smallest absolute Gasteiger partial charge is 0.412 e. The van der Waals surface area contributed by atoms with E-state index in [2.05, 4.69) is 10.3 Å². The van der Waals surface area contributed by atoms with Crippen molar-refractivity contribution in [1.29, 1.82) is 0 Å². The minimum absolute atomic E-state index is 0.0320. The zero-order chi connectivity index (χ0) is 14.9. The van der Waals surface area contributed by atoms with Crippen LogP contribution in [0.1, 0.15) is 30.4 Å². The third-order valence-electron chi connectivity index (χ3n) is 2.27. The lowest BCUT2D eigenvalue weighted by atomic mass is 10.2. The van der Waals surface area contributed by atoms with Crippen LogP contribution in [0.4, 0.5) is 10.5 Å². The van der Waals surface area contributed by atoms with Crippen LogP contribution in [0.15, 0.2) is 18.3 Å². The number of thiophene rings is 1. The van der Waals surface area contributed by atoms with Crippen molar-refractivity contribution in [2.45, 2.75) is 26.4 Å².